The Balaban J connectivity index is 2.21. The molecule has 0 unspecified atom stereocenters. The maximum atomic E-state index is 12.5. The molecule has 2 aliphatic carbocycles. The molecule has 1 fully saturated rings. The minimum absolute atomic E-state index is 0.0462. The molecule has 0 spiro atoms. The highest BCUT2D eigenvalue weighted by atomic mass is 16.1. The topological polar surface area (TPSA) is 71.9 Å². The van der Waals surface area contributed by atoms with Crippen molar-refractivity contribution in [3.8, 4) is 0 Å². The summed E-state index contributed by atoms with van der Waals surface area (Å²) in [6.07, 6.45) is 7.72. The molecule has 1 heterocycles. The van der Waals surface area contributed by atoms with Crippen molar-refractivity contribution in [3.05, 3.63) is 33.2 Å². The summed E-state index contributed by atoms with van der Waals surface area (Å²) in [6, 6.07) is 2.18. The van der Waals surface area contributed by atoms with Crippen molar-refractivity contribution < 1.29 is 0 Å². The number of pyridine rings is 1. The van der Waals surface area contributed by atoms with Gasteiger partial charge in [0.1, 0.15) is 5.84 Å². The van der Waals surface area contributed by atoms with Crippen molar-refractivity contribution in [2.45, 2.75) is 51.0 Å². The lowest BCUT2D eigenvalue weighted by Gasteiger charge is -2.20. The van der Waals surface area contributed by atoms with Crippen molar-refractivity contribution in [2.75, 3.05) is 0 Å². The van der Waals surface area contributed by atoms with E-state index in [1.807, 2.05) is 10.6 Å². The third-order valence-electron chi connectivity index (χ3n) is 4.27. The average Bonchev–Trinajstić information content (AvgIpc) is 2.97. The lowest BCUT2D eigenvalue weighted by atomic mass is 10.1. The summed E-state index contributed by atoms with van der Waals surface area (Å²) >= 11 is 0. The first-order valence-corrected chi connectivity index (χ1v) is 6.80. The zero-order valence-electron chi connectivity index (χ0n) is 10.5. The number of hydrogen-bond donors (Lipinski definition) is 2. The van der Waals surface area contributed by atoms with E-state index in [1.54, 1.807) is 0 Å². The van der Waals surface area contributed by atoms with Crippen LogP contribution in [0.1, 0.15) is 55.0 Å². The second-order valence-electron chi connectivity index (χ2n) is 5.41. The summed E-state index contributed by atoms with van der Waals surface area (Å²) in [4.78, 5) is 12.5. The van der Waals surface area contributed by atoms with E-state index in [4.69, 9.17) is 11.1 Å². The summed E-state index contributed by atoms with van der Waals surface area (Å²) in [5.74, 6) is -0.0959. The molecule has 1 saturated carbocycles. The summed E-state index contributed by atoms with van der Waals surface area (Å²) in [5.41, 5.74) is 8.33. The maximum Gasteiger partial charge on any atom is 0.262 e. The number of nitrogens with zero attached hydrogens (tertiary/aromatic N) is 1. The predicted molar refractivity (Wildman–Crippen MR) is 71.2 cm³/mol. The fourth-order valence-corrected chi connectivity index (χ4v) is 3.41. The summed E-state index contributed by atoms with van der Waals surface area (Å²) in [7, 11) is 0. The molecule has 3 rings (SSSR count). The van der Waals surface area contributed by atoms with Gasteiger partial charge in [-0.25, -0.2) is 0 Å². The Morgan fingerprint density at radius 2 is 2.00 bits per heavy atom. The second kappa shape index (κ2) is 4.26. The number of rotatable bonds is 2. The highest BCUT2D eigenvalue weighted by molar-refractivity contribution is 5.94. The third kappa shape index (κ3) is 1.67. The Morgan fingerprint density at radius 1 is 1.28 bits per heavy atom. The van der Waals surface area contributed by atoms with Gasteiger partial charge >= 0.3 is 0 Å². The molecule has 18 heavy (non-hydrogen) atoms. The highest BCUT2D eigenvalue weighted by Gasteiger charge is 2.26. The molecule has 0 bridgehead atoms. The Morgan fingerprint density at radius 3 is 2.67 bits per heavy atom. The highest BCUT2D eigenvalue weighted by Crippen LogP contribution is 2.32. The number of amidine groups is 1. The van der Waals surface area contributed by atoms with Crippen molar-refractivity contribution in [2.24, 2.45) is 5.73 Å². The Kier molecular flexibility index (Phi) is 2.73. The molecular formula is C14H19N3O. The maximum absolute atomic E-state index is 12.5. The summed E-state index contributed by atoms with van der Waals surface area (Å²) < 4.78 is 1.96. The van der Waals surface area contributed by atoms with Crippen molar-refractivity contribution >= 4 is 5.84 Å². The van der Waals surface area contributed by atoms with E-state index in [0.29, 0.717) is 11.6 Å². The van der Waals surface area contributed by atoms with Crippen LogP contribution < -0.4 is 11.3 Å². The smallest absolute Gasteiger partial charge is 0.262 e. The number of hydrogen-bond acceptors (Lipinski definition) is 2. The molecule has 0 amide bonds. The fourth-order valence-electron chi connectivity index (χ4n) is 3.41. The second-order valence-corrected chi connectivity index (χ2v) is 5.41. The van der Waals surface area contributed by atoms with Crippen LogP contribution in [-0.4, -0.2) is 10.4 Å². The molecule has 0 aromatic carbocycles. The Labute approximate surface area is 106 Å². The van der Waals surface area contributed by atoms with Crippen LogP contribution in [-0.2, 0) is 12.8 Å². The van der Waals surface area contributed by atoms with Crippen molar-refractivity contribution in [3.63, 3.8) is 0 Å². The average molecular weight is 245 g/mol. The molecule has 4 heteroatoms. The molecule has 4 nitrogen and oxygen atoms in total. The fraction of sp³-hybridized carbons (Fsp3) is 0.571. The standard InChI is InChI=1S/C14H19N3O/c15-13(16)11-8-9-4-3-7-12(9)17(14(11)18)10-5-1-2-6-10/h8,10H,1-7H2,(H3,15,16). The van der Waals surface area contributed by atoms with E-state index in [0.717, 1.165) is 32.1 Å². The normalized spacial score (nSPS) is 19.1. The number of nitrogens with one attached hydrogen (secondary N) is 1. The van der Waals surface area contributed by atoms with E-state index < -0.39 is 0 Å². The Hall–Kier alpha value is -1.58. The van der Waals surface area contributed by atoms with Crippen LogP contribution in [0.4, 0.5) is 0 Å². The molecule has 1 aromatic rings. The van der Waals surface area contributed by atoms with Crippen LogP contribution in [0.2, 0.25) is 0 Å². The van der Waals surface area contributed by atoms with Crippen LogP contribution >= 0.6 is 0 Å². The SMILES string of the molecule is N=C(N)c1cc2c(n(C3CCCC3)c1=O)CCC2. The van der Waals surface area contributed by atoms with Crippen LogP contribution in [0.25, 0.3) is 0 Å². The van der Waals surface area contributed by atoms with Crippen molar-refractivity contribution in [1.82, 2.24) is 4.57 Å². The molecule has 2 aliphatic rings. The number of nitrogens with two attached hydrogens (primary N) is 1. The van der Waals surface area contributed by atoms with E-state index in [2.05, 4.69) is 0 Å². The van der Waals surface area contributed by atoms with Crippen LogP contribution in [0.15, 0.2) is 10.9 Å². The van der Waals surface area contributed by atoms with Crippen LogP contribution in [0, 0.1) is 5.41 Å². The summed E-state index contributed by atoms with van der Waals surface area (Å²) in [6.45, 7) is 0. The van der Waals surface area contributed by atoms with Gasteiger partial charge in [-0.15, -0.1) is 0 Å². The van der Waals surface area contributed by atoms with E-state index in [-0.39, 0.29) is 11.4 Å². The van der Waals surface area contributed by atoms with Gasteiger partial charge in [-0.3, -0.25) is 10.2 Å². The number of aromatic nitrogens is 1. The monoisotopic (exact) mass is 245 g/mol. The quantitative estimate of drug-likeness (QED) is 0.615. The van der Waals surface area contributed by atoms with Gasteiger partial charge in [0.05, 0.1) is 5.56 Å². The minimum atomic E-state index is -0.0959. The van der Waals surface area contributed by atoms with Gasteiger partial charge < -0.3 is 10.3 Å². The van der Waals surface area contributed by atoms with E-state index in [9.17, 15) is 4.79 Å². The molecule has 0 atom stereocenters. The molecular weight excluding hydrogens is 226 g/mol. The zero-order valence-corrected chi connectivity index (χ0v) is 10.5. The number of fused-ring (bicyclic) bond motifs is 1. The number of aryl methyl sites for hydroxylation is 1. The number of nitrogen functional groups attached to an aromatic ring is 1. The summed E-state index contributed by atoms with van der Waals surface area (Å²) in [5, 5.41) is 7.57. The molecule has 96 valence electrons. The van der Waals surface area contributed by atoms with Crippen molar-refractivity contribution in [1.29, 1.82) is 5.41 Å². The third-order valence-corrected chi connectivity index (χ3v) is 4.27. The first kappa shape index (κ1) is 11.5. The lowest BCUT2D eigenvalue weighted by molar-refractivity contribution is 0.485. The molecule has 1 aromatic heterocycles. The predicted octanol–water partition coefficient (Wildman–Crippen LogP) is 1.74. The van der Waals surface area contributed by atoms with Gasteiger partial charge in [0.2, 0.25) is 0 Å². The lowest BCUT2D eigenvalue weighted by Crippen LogP contribution is -2.33. The van der Waals surface area contributed by atoms with E-state index >= 15 is 0 Å². The largest absolute Gasteiger partial charge is 0.384 e. The van der Waals surface area contributed by atoms with Crippen LogP contribution in [0.5, 0.6) is 0 Å². The molecule has 3 N–H and O–H groups in total. The first-order valence-electron chi connectivity index (χ1n) is 6.80. The Bertz CT molecular complexity index is 553. The van der Waals surface area contributed by atoms with Gasteiger partial charge in [0, 0.05) is 11.7 Å². The van der Waals surface area contributed by atoms with Gasteiger partial charge in [0.25, 0.3) is 5.56 Å². The van der Waals surface area contributed by atoms with Gasteiger partial charge in [-0.1, -0.05) is 12.8 Å². The van der Waals surface area contributed by atoms with Gasteiger partial charge in [0.15, 0.2) is 0 Å². The molecule has 0 radical (unpaired) electrons. The zero-order chi connectivity index (χ0) is 12.7. The first-order chi connectivity index (χ1) is 8.68. The van der Waals surface area contributed by atoms with Gasteiger partial charge in [-0.2, -0.15) is 0 Å². The van der Waals surface area contributed by atoms with Crippen LogP contribution in [0.3, 0.4) is 0 Å². The van der Waals surface area contributed by atoms with E-state index in [1.165, 1.54) is 24.1 Å². The molecule has 0 aliphatic heterocycles. The molecule has 0 saturated heterocycles. The van der Waals surface area contributed by atoms with Gasteiger partial charge in [-0.05, 0) is 43.7 Å². The minimum Gasteiger partial charge on any atom is -0.384 e.